The van der Waals surface area contributed by atoms with Gasteiger partial charge in [-0.15, -0.1) is 0 Å². The number of hydrogen-bond acceptors (Lipinski definition) is 2. The van der Waals surface area contributed by atoms with Crippen LogP contribution in [0.25, 0.3) is 0 Å². The molecule has 0 bridgehead atoms. The number of rotatable bonds is 4. The smallest absolute Gasteiger partial charge is 0.255 e. The van der Waals surface area contributed by atoms with E-state index in [9.17, 15) is 9.59 Å². The van der Waals surface area contributed by atoms with Gasteiger partial charge < -0.3 is 10.6 Å². The van der Waals surface area contributed by atoms with Crippen LogP contribution in [-0.2, 0) is 0 Å². The number of carbonyl (C=O) groups is 2. The number of nitrogens with one attached hydrogen (secondary N) is 2. The van der Waals surface area contributed by atoms with Gasteiger partial charge in [-0.2, -0.15) is 0 Å². The second-order valence-corrected chi connectivity index (χ2v) is 6.39. The average Bonchev–Trinajstić information content (AvgIpc) is 2.62. The second-order valence-electron chi connectivity index (χ2n) is 5.51. The normalized spacial score (nSPS) is 10.2. The molecule has 4 nitrogen and oxygen atoms in total. The highest BCUT2D eigenvalue weighted by molar-refractivity contribution is 6.35. The van der Waals surface area contributed by atoms with E-state index in [1.807, 2.05) is 18.2 Å². The average molecular weight is 385 g/mol. The van der Waals surface area contributed by atoms with Gasteiger partial charge in [0.2, 0.25) is 0 Å². The molecule has 3 aromatic carbocycles. The van der Waals surface area contributed by atoms with Crippen LogP contribution in [0, 0.1) is 0 Å². The number of halogens is 2. The van der Waals surface area contributed by atoms with Gasteiger partial charge in [0.05, 0.1) is 0 Å². The summed E-state index contributed by atoms with van der Waals surface area (Å²) < 4.78 is 0. The Morgan fingerprint density at radius 3 is 1.73 bits per heavy atom. The lowest BCUT2D eigenvalue weighted by Crippen LogP contribution is -2.15. The van der Waals surface area contributed by atoms with Crippen LogP contribution in [0.1, 0.15) is 20.7 Å². The molecule has 0 aliphatic rings. The van der Waals surface area contributed by atoms with Crippen LogP contribution < -0.4 is 10.6 Å². The van der Waals surface area contributed by atoms with E-state index >= 15 is 0 Å². The first-order chi connectivity index (χ1) is 12.5. The van der Waals surface area contributed by atoms with Crippen LogP contribution in [0.5, 0.6) is 0 Å². The topological polar surface area (TPSA) is 58.2 Å². The van der Waals surface area contributed by atoms with E-state index in [2.05, 4.69) is 10.6 Å². The zero-order chi connectivity index (χ0) is 18.5. The summed E-state index contributed by atoms with van der Waals surface area (Å²) in [5.41, 5.74) is 1.89. The second kappa shape index (κ2) is 8.04. The molecule has 0 spiro atoms. The monoisotopic (exact) mass is 384 g/mol. The van der Waals surface area contributed by atoms with E-state index in [-0.39, 0.29) is 11.8 Å². The maximum Gasteiger partial charge on any atom is 0.255 e. The lowest BCUT2D eigenvalue weighted by atomic mass is 10.1. The third-order valence-corrected chi connectivity index (χ3v) is 3.98. The first-order valence-electron chi connectivity index (χ1n) is 7.75. The quantitative estimate of drug-likeness (QED) is 0.623. The molecule has 2 N–H and O–H groups in total. The Bertz CT molecular complexity index is 939. The predicted octanol–water partition coefficient (Wildman–Crippen LogP) is 5.50. The number of hydrogen-bond donors (Lipinski definition) is 2. The predicted molar refractivity (Wildman–Crippen MR) is 105 cm³/mol. The lowest BCUT2D eigenvalue weighted by Gasteiger charge is -2.09. The van der Waals surface area contributed by atoms with Crippen molar-refractivity contribution in [3.05, 3.63) is 94.0 Å². The van der Waals surface area contributed by atoms with E-state index in [0.29, 0.717) is 32.5 Å². The third kappa shape index (κ3) is 4.63. The van der Waals surface area contributed by atoms with Gasteiger partial charge in [0.25, 0.3) is 11.8 Å². The zero-order valence-corrected chi connectivity index (χ0v) is 15.0. The molecule has 3 rings (SSSR count). The molecule has 130 valence electrons. The van der Waals surface area contributed by atoms with E-state index in [0.717, 1.165) is 0 Å². The molecular weight excluding hydrogens is 371 g/mol. The molecule has 2 amide bonds. The molecule has 0 atom stereocenters. The number of benzene rings is 3. The lowest BCUT2D eigenvalue weighted by molar-refractivity contribution is 0.102. The standard InChI is InChI=1S/C20H14Cl2N2O2/c21-15-10-16(22)12-18(11-15)24-20(26)14-6-4-5-13(9-14)19(25)23-17-7-2-1-3-8-17/h1-12H,(H,23,25)(H,24,26). The summed E-state index contributed by atoms with van der Waals surface area (Å²) in [5, 5.41) is 6.34. The number of amides is 2. The summed E-state index contributed by atoms with van der Waals surface area (Å²) in [6, 6.07) is 20.3. The molecule has 0 saturated heterocycles. The van der Waals surface area contributed by atoms with Crippen molar-refractivity contribution in [2.45, 2.75) is 0 Å². The summed E-state index contributed by atoms with van der Waals surface area (Å²) in [7, 11) is 0. The highest BCUT2D eigenvalue weighted by Gasteiger charge is 2.11. The molecule has 0 heterocycles. The van der Waals surface area contributed by atoms with Crippen LogP contribution >= 0.6 is 23.2 Å². The van der Waals surface area contributed by atoms with Gasteiger partial charge in [0.15, 0.2) is 0 Å². The molecular formula is C20H14Cl2N2O2. The molecule has 0 aromatic heterocycles. The molecule has 3 aromatic rings. The van der Waals surface area contributed by atoms with E-state index in [1.54, 1.807) is 48.5 Å². The van der Waals surface area contributed by atoms with E-state index in [1.165, 1.54) is 6.07 Å². The van der Waals surface area contributed by atoms with Gasteiger partial charge in [-0.1, -0.05) is 47.5 Å². The van der Waals surface area contributed by atoms with Crippen LogP contribution in [0.2, 0.25) is 10.0 Å². The van der Waals surface area contributed by atoms with Gasteiger partial charge in [0.1, 0.15) is 0 Å². The van der Waals surface area contributed by atoms with Crippen molar-refractivity contribution >= 4 is 46.4 Å². The summed E-state index contributed by atoms with van der Waals surface area (Å²) in [6.07, 6.45) is 0. The first-order valence-corrected chi connectivity index (χ1v) is 8.51. The highest BCUT2D eigenvalue weighted by atomic mass is 35.5. The number of para-hydroxylation sites is 1. The Hall–Kier alpha value is -2.82. The van der Waals surface area contributed by atoms with Crippen molar-refractivity contribution < 1.29 is 9.59 Å². The molecule has 0 fully saturated rings. The fraction of sp³-hybridized carbons (Fsp3) is 0. The maximum atomic E-state index is 12.4. The van der Waals surface area contributed by atoms with Crippen molar-refractivity contribution in [1.29, 1.82) is 0 Å². The fourth-order valence-corrected chi connectivity index (χ4v) is 2.88. The van der Waals surface area contributed by atoms with Gasteiger partial charge in [-0.05, 0) is 48.5 Å². The number of anilines is 2. The minimum absolute atomic E-state index is 0.295. The Morgan fingerprint density at radius 2 is 1.15 bits per heavy atom. The third-order valence-electron chi connectivity index (χ3n) is 3.54. The Labute approximate surface area is 160 Å². The largest absolute Gasteiger partial charge is 0.322 e. The SMILES string of the molecule is O=C(Nc1ccccc1)c1cccc(C(=O)Nc2cc(Cl)cc(Cl)c2)c1. The van der Waals surface area contributed by atoms with Crippen molar-refractivity contribution in [3.8, 4) is 0 Å². The maximum absolute atomic E-state index is 12.4. The van der Waals surface area contributed by atoms with Crippen molar-refractivity contribution in [1.82, 2.24) is 0 Å². The fourth-order valence-electron chi connectivity index (χ4n) is 2.36. The Morgan fingerprint density at radius 1 is 0.615 bits per heavy atom. The van der Waals surface area contributed by atoms with Crippen molar-refractivity contribution in [3.63, 3.8) is 0 Å². The van der Waals surface area contributed by atoms with Crippen molar-refractivity contribution in [2.24, 2.45) is 0 Å². The zero-order valence-electron chi connectivity index (χ0n) is 13.5. The molecule has 0 saturated carbocycles. The van der Waals surface area contributed by atoms with Gasteiger partial charge in [0, 0.05) is 32.5 Å². The van der Waals surface area contributed by atoms with Crippen molar-refractivity contribution in [2.75, 3.05) is 10.6 Å². The summed E-state index contributed by atoms with van der Waals surface area (Å²) >= 11 is 11.9. The summed E-state index contributed by atoms with van der Waals surface area (Å²) in [5.74, 6) is -0.658. The molecule has 0 aliphatic heterocycles. The van der Waals surface area contributed by atoms with E-state index < -0.39 is 0 Å². The minimum atomic E-state index is -0.363. The molecule has 26 heavy (non-hydrogen) atoms. The first kappa shape index (κ1) is 18.0. The molecule has 0 aliphatic carbocycles. The summed E-state index contributed by atoms with van der Waals surface area (Å²) in [4.78, 5) is 24.8. The molecule has 0 radical (unpaired) electrons. The van der Waals surface area contributed by atoms with Gasteiger partial charge in [-0.3, -0.25) is 9.59 Å². The molecule has 6 heteroatoms. The number of carbonyl (C=O) groups excluding carboxylic acids is 2. The van der Waals surface area contributed by atoms with Crippen LogP contribution in [0.15, 0.2) is 72.8 Å². The van der Waals surface area contributed by atoms with Crippen LogP contribution in [0.4, 0.5) is 11.4 Å². The Balaban J connectivity index is 1.75. The highest BCUT2D eigenvalue weighted by Crippen LogP contribution is 2.23. The molecule has 0 unspecified atom stereocenters. The van der Waals surface area contributed by atoms with Gasteiger partial charge >= 0.3 is 0 Å². The Kier molecular flexibility index (Phi) is 5.56. The van der Waals surface area contributed by atoms with Gasteiger partial charge in [-0.25, -0.2) is 0 Å². The van der Waals surface area contributed by atoms with E-state index in [4.69, 9.17) is 23.2 Å². The van der Waals surface area contributed by atoms with Crippen LogP contribution in [-0.4, -0.2) is 11.8 Å². The van der Waals surface area contributed by atoms with Crippen LogP contribution in [0.3, 0.4) is 0 Å². The minimum Gasteiger partial charge on any atom is -0.322 e. The summed E-state index contributed by atoms with van der Waals surface area (Å²) in [6.45, 7) is 0.